The molecule has 1 aromatic rings. The molecule has 3 heteroatoms. The summed E-state index contributed by atoms with van der Waals surface area (Å²) in [6.45, 7) is 5.39. The highest BCUT2D eigenvalue weighted by molar-refractivity contribution is 6.00. The monoisotopic (exact) mass is 265 g/mol. The smallest absolute Gasteiger partial charge is 0.167 e. The fourth-order valence-electron chi connectivity index (χ4n) is 2.50. The van der Waals surface area contributed by atoms with Crippen LogP contribution in [0.15, 0.2) is 36.9 Å². The molecule has 0 heterocycles. The zero-order chi connectivity index (χ0) is 12.3. The third kappa shape index (κ3) is 3.21. The summed E-state index contributed by atoms with van der Waals surface area (Å²) in [6.07, 6.45) is 3.87. The van der Waals surface area contributed by atoms with Crippen LogP contribution in [0, 0.1) is 5.92 Å². The normalized spacial score (nSPS) is 18.1. The van der Waals surface area contributed by atoms with Gasteiger partial charge in [0.2, 0.25) is 0 Å². The number of carbonyl (C=O) groups excluding carboxylic acids is 1. The van der Waals surface area contributed by atoms with Crippen molar-refractivity contribution < 1.29 is 4.79 Å². The van der Waals surface area contributed by atoms with Gasteiger partial charge < -0.3 is 4.90 Å². The third-order valence-corrected chi connectivity index (χ3v) is 3.39. The highest BCUT2D eigenvalue weighted by Crippen LogP contribution is 2.25. The highest BCUT2D eigenvalue weighted by atomic mass is 35.5. The van der Waals surface area contributed by atoms with E-state index < -0.39 is 0 Å². The fourth-order valence-corrected chi connectivity index (χ4v) is 2.50. The molecular formula is C15H20ClNO. The summed E-state index contributed by atoms with van der Waals surface area (Å²) < 4.78 is 0. The van der Waals surface area contributed by atoms with Gasteiger partial charge in [0.05, 0.1) is 0 Å². The lowest BCUT2D eigenvalue weighted by molar-refractivity contribution is 0.0873. The Morgan fingerprint density at radius 2 is 2.17 bits per heavy atom. The zero-order valence-corrected chi connectivity index (χ0v) is 11.6. The molecule has 0 aromatic heterocycles. The maximum absolute atomic E-state index is 12.3. The summed E-state index contributed by atoms with van der Waals surface area (Å²) in [4.78, 5) is 14.5. The van der Waals surface area contributed by atoms with E-state index in [0.717, 1.165) is 31.5 Å². The van der Waals surface area contributed by atoms with Crippen LogP contribution in [-0.2, 0) is 6.42 Å². The maximum atomic E-state index is 12.3. The van der Waals surface area contributed by atoms with Crippen molar-refractivity contribution in [1.29, 1.82) is 0 Å². The molecular weight excluding hydrogens is 246 g/mol. The standard InChI is InChI=1S/C15H19NO.ClH/c1-3-10-16(2)11-13-9-8-12-6-4-5-7-14(12)15(13)17;/h3-7,13H,1,8-11H2,2H3;1H. The molecule has 0 N–H and O–H groups in total. The Hall–Kier alpha value is -1.12. The van der Waals surface area contributed by atoms with Crippen molar-refractivity contribution >= 4 is 18.2 Å². The molecule has 2 nitrogen and oxygen atoms in total. The molecule has 18 heavy (non-hydrogen) atoms. The van der Waals surface area contributed by atoms with Crippen LogP contribution in [-0.4, -0.2) is 30.8 Å². The molecule has 1 aromatic carbocycles. The van der Waals surface area contributed by atoms with E-state index in [0.29, 0.717) is 5.78 Å². The molecule has 1 aliphatic rings. The van der Waals surface area contributed by atoms with Crippen LogP contribution in [0.3, 0.4) is 0 Å². The summed E-state index contributed by atoms with van der Waals surface area (Å²) in [5.41, 5.74) is 2.14. The van der Waals surface area contributed by atoms with Crippen molar-refractivity contribution in [2.45, 2.75) is 12.8 Å². The van der Waals surface area contributed by atoms with Crippen molar-refractivity contribution in [3.8, 4) is 0 Å². The largest absolute Gasteiger partial charge is 0.302 e. The van der Waals surface area contributed by atoms with Crippen LogP contribution in [0.1, 0.15) is 22.3 Å². The number of hydrogen-bond donors (Lipinski definition) is 0. The van der Waals surface area contributed by atoms with E-state index in [1.54, 1.807) is 0 Å². The SMILES string of the molecule is C=CCN(C)CC1CCc2ccccc2C1=O.Cl. The zero-order valence-electron chi connectivity index (χ0n) is 10.8. The van der Waals surface area contributed by atoms with Crippen LogP contribution in [0.25, 0.3) is 0 Å². The molecule has 1 unspecified atom stereocenters. The van der Waals surface area contributed by atoms with E-state index >= 15 is 0 Å². The lowest BCUT2D eigenvalue weighted by Gasteiger charge is -2.26. The van der Waals surface area contributed by atoms with Gasteiger partial charge in [-0.25, -0.2) is 0 Å². The number of benzene rings is 1. The topological polar surface area (TPSA) is 20.3 Å². The molecule has 1 aliphatic carbocycles. The Bertz CT molecular complexity index is 430. The number of Topliss-reactive ketones (excluding diaryl/α,β-unsaturated/α-hetero) is 1. The van der Waals surface area contributed by atoms with Crippen molar-refractivity contribution in [3.05, 3.63) is 48.0 Å². The average Bonchev–Trinajstić information content (AvgIpc) is 2.33. The molecule has 0 aliphatic heterocycles. The minimum Gasteiger partial charge on any atom is -0.302 e. The first-order valence-electron chi connectivity index (χ1n) is 6.14. The van der Waals surface area contributed by atoms with E-state index in [1.165, 1.54) is 5.56 Å². The van der Waals surface area contributed by atoms with Crippen molar-refractivity contribution in [2.75, 3.05) is 20.1 Å². The number of aryl methyl sites for hydroxylation is 1. The average molecular weight is 266 g/mol. The van der Waals surface area contributed by atoms with Gasteiger partial charge in [0.15, 0.2) is 5.78 Å². The maximum Gasteiger partial charge on any atom is 0.167 e. The number of ketones is 1. The van der Waals surface area contributed by atoms with Crippen LogP contribution in [0.2, 0.25) is 0 Å². The Balaban J connectivity index is 0.00000162. The number of likely N-dealkylation sites (N-methyl/N-ethyl adjacent to an activating group) is 1. The van der Waals surface area contributed by atoms with E-state index in [2.05, 4.69) is 17.5 Å². The molecule has 0 radical (unpaired) electrons. The van der Waals surface area contributed by atoms with Gasteiger partial charge in [-0.2, -0.15) is 0 Å². The van der Waals surface area contributed by atoms with Crippen LogP contribution < -0.4 is 0 Å². The number of fused-ring (bicyclic) bond motifs is 1. The first kappa shape index (κ1) is 14.9. The van der Waals surface area contributed by atoms with Crippen molar-refractivity contribution in [3.63, 3.8) is 0 Å². The van der Waals surface area contributed by atoms with Crippen LogP contribution >= 0.6 is 12.4 Å². The third-order valence-electron chi connectivity index (χ3n) is 3.39. The lowest BCUT2D eigenvalue weighted by atomic mass is 9.82. The number of halogens is 1. The summed E-state index contributed by atoms with van der Waals surface area (Å²) in [5.74, 6) is 0.456. The van der Waals surface area contributed by atoms with Gasteiger partial charge >= 0.3 is 0 Å². The van der Waals surface area contributed by atoms with Gasteiger partial charge in [0.1, 0.15) is 0 Å². The fraction of sp³-hybridized carbons (Fsp3) is 0.400. The highest BCUT2D eigenvalue weighted by Gasteiger charge is 2.27. The van der Waals surface area contributed by atoms with Gasteiger partial charge in [-0.3, -0.25) is 4.79 Å². The Labute approximate surface area is 115 Å². The van der Waals surface area contributed by atoms with Gasteiger partial charge in [0.25, 0.3) is 0 Å². The van der Waals surface area contributed by atoms with Crippen LogP contribution in [0.4, 0.5) is 0 Å². The predicted octanol–water partition coefficient (Wildman–Crippen LogP) is 2.97. The molecule has 1 atom stereocenters. The van der Waals surface area contributed by atoms with E-state index in [4.69, 9.17) is 0 Å². The Morgan fingerprint density at radius 3 is 2.89 bits per heavy atom. The summed E-state index contributed by atoms with van der Waals surface area (Å²) in [7, 11) is 2.04. The van der Waals surface area contributed by atoms with Gasteiger partial charge in [-0.1, -0.05) is 30.3 Å². The Kier molecular flexibility index (Phi) is 5.57. The number of rotatable bonds is 4. The van der Waals surface area contributed by atoms with E-state index in [1.807, 2.05) is 31.3 Å². The molecule has 0 saturated carbocycles. The Morgan fingerprint density at radius 1 is 1.44 bits per heavy atom. The van der Waals surface area contributed by atoms with E-state index in [9.17, 15) is 4.79 Å². The molecule has 0 fully saturated rings. The quantitative estimate of drug-likeness (QED) is 0.780. The molecule has 98 valence electrons. The summed E-state index contributed by atoms with van der Waals surface area (Å²) in [6, 6.07) is 7.98. The first-order chi connectivity index (χ1) is 8.22. The van der Waals surface area contributed by atoms with E-state index in [-0.39, 0.29) is 18.3 Å². The second-order valence-electron chi connectivity index (χ2n) is 4.77. The molecule has 0 saturated heterocycles. The number of nitrogens with zero attached hydrogens (tertiary/aromatic N) is 1. The van der Waals surface area contributed by atoms with Gasteiger partial charge in [-0.05, 0) is 25.5 Å². The molecule has 0 spiro atoms. The lowest BCUT2D eigenvalue weighted by Crippen LogP contribution is -2.33. The summed E-state index contributed by atoms with van der Waals surface area (Å²) in [5, 5.41) is 0. The first-order valence-corrected chi connectivity index (χ1v) is 6.14. The minimum absolute atomic E-state index is 0. The second kappa shape index (κ2) is 6.72. The number of hydrogen-bond acceptors (Lipinski definition) is 2. The van der Waals surface area contributed by atoms with Gasteiger partial charge in [-0.15, -0.1) is 19.0 Å². The molecule has 2 rings (SSSR count). The van der Waals surface area contributed by atoms with Gasteiger partial charge in [0, 0.05) is 24.6 Å². The molecule has 0 amide bonds. The van der Waals surface area contributed by atoms with Crippen LogP contribution in [0.5, 0.6) is 0 Å². The second-order valence-corrected chi connectivity index (χ2v) is 4.77. The van der Waals surface area contributed by atoms with Crippen molar-refractivity contribution in [1.82, 2.24) is 4.90 Å². The molecule has 0 bridgehead atoms. The predicted molar refractivity (Wildman–Crippen MR) is 77.5 cm³/mol. The summed E-state index contributed by atoms with van der Waals surface area (Å²) >= 11 is 0. The van der Waals surface area contributed by atoms with Crippen molar-refractivity contribution in [2.24, 2.45) is 5.92 Å². The minimum atomic E-state index is 0. The number of carbonyl (C=O) groups is 1.